The molecule has 0 aliphatic heterocycles. The zero-order valence-electron chi connectivity index (χ0n) is 7.77. The molecule has 0 atom stereocenters. The van der Waals surface area contributed by atoms with Crippen molar-refractivity contribution >= 4 is 25.0 Å². The van der Waals surface area contributed by atoms with Crippen molar-refractivity contribution in [3.8, 4) is 0 Å². The third-order valence-corrected chi connectivity index (χ3v) is 3.63. The predicted octanol–water partition coefficient (Wildman–Crippen LogP) is 1.76. The Morgan fingerprint density at radius 3 is 2.57 bits per heavy atom. The maximum atomic E-state index is 9.81. The van der Waals surface area contributed by atoms with Crippen LogP contribution in [0.2, 0.25) is 0 Å². The first kappa shape index (κ1) is 9.18. The van der Waals surface area contributed by atoms with Gasteiger partial charge in [-0.1, -0.05) is 48.2 Å². The van der Waals surface area contributed by atoms with Crippen molar-refractivity contribution in [3.63, 3.8) is 0 Å². The first-order valence-corrected chi connectivity index (χ1v) is 6.02. The number of rotatable bonds is 2. The highest BCUT2D eigenvalue weighted by Crippen LogP contribution is 2.11. The van der Waals surface area contributed by atoms with Gasteiger partial charge in [-0.2, -0.15) is 0 Å². The van der Waals surface area contributed by atoms with Crippen LogP contribution in [0.15, 0.2) is 54.7 Å². The van der Waals surface area contributed by atoms with Crippen LogP contribution in [0.1, 0.15) is 0 Å². The van der Waals surface area contributed by atoms with Crippen molar-refractivity contribution in [1.82, 2.24) is 0 Å². The quantitative estimate of drug-likeness (QED) is 0.731. The fourth-order valence-electron chi connectivity index (χ4n) is 1.56. The lowest BCUT2D eigenvalue weighted by Gasteiger charge is -2.06. The summed E-state index contributed by atoms with van der Waals surface area (Å²) in [5.74, 6) is 0. The molecule has 69 valence electrons. The molecule has 14 heavy (non-hydrogen) atoms. The summed E-state index contributed by atoms with van der Waals surface area (Å²) in [5, 5.41) is 3.32. The molecule has 0 spiro atoms. The Bertz CT molecular complexity index is 459. The molecule has 2 aromatic rings. The van der Waals surface area contributed by atoms with E-state index in [4.69, 9.17) is 0 Å². The fourth-order valence-corrected chi connectivity index (χ4v) is 2.55. The van der Waals surface area contributed by atoms with Gasteiger partial charge in [0.15, 0.2) is 0 Å². The van der Waals surface area contributed by atoms with Gasteiger partial charge in [0.1, 0.15) is 0 Å². The minimum Gasteiger partial charge on any atom is -0.424 e. The molecule has 2 heteroatoms. The summed E-state index contributed by atoms with van der Waals surface area (Å²) in [7, 11) is -1.57. The third kappa shape index (κ3) is 1.50. The summed E-state index contributed by atoms with van der Waals surface area (Å²) in [6, 6.07) is 14.1. The Kier molecular flexibility index (Phi) is 2.48. The zero-order valence-corrected chi connectivity index (χ0v) is 8.77. The Morgan fingerprint density at radius 1 is 1.07 bits per heavy atom. The molecule has 0 aliphatic carbocycles. The second-order valence-corrected chi connectivity index (χ2v) is 4.83. The Balaban J connectivity index is 2.70. The van der Waals surface area contributed by atoms with E-state index in [0.29, 0.717) is 0 Å². The summed E-state index contributed by atoms with van der Waals surface area (Å²) in [4.78, 5) is 9.81. The maximum absolute atomic E-state index is 9.81. The lowest BCUT2D eigenvalue weighted by Crippen LogP contribution is -2.28. The molecule has 0 fully saturated rings. The molecule has 2 aromatic carbocycles. The molecule has 0 aromatic heterocycles. The largest absolute Gasteiger partial charge is 0.424 e. The smallest absolute Gasteiger partial charge is 0.272 e. The zero-order chi connectivity index (χ0) is 9.97. The molecule has 1 nitrogen and oxygen atoms in total. The highest BCUT2D eigenvalue weighted by atomic mass is 28.3. The summed E-state index contributed by atoms with van der Waals surface area (Å²) < 4.78 is 0. The average molecular weight is 199 g/mol. The van der Waals surface area contributed by atoms with E-state index in [2.05, 4.69) is 18.7 Å². The Hall–Kier alpha value is -1.38. The van der Waals surface area contributed by atoms with Gasteiger partial charge >= 0.3 is 0 Å². The molecule has 0 bridgehead atoms. The van der Waals surface area contributed by atoms with Crippen molar-refractivity contribution in [2.45, 2.75) is 0 Å². The predicted molar refractivity (Wildman–Crippen MR) is 61.8 cm³/mol. The van der Waals surface area contributed by atoms with E-state index >= 15 is 0 Å². The van der Waals surface area contributed by atoms with Gasteiger partial charge in [0.05, 0.1) is 0 Å². The number of hydrogen-bond donors (Lipinski definition) is 1. The van der Waals surface area contributed by atoms with Gasteiger partial charge in [-0.3, -0.25) is 0 Å². The van der Waals surface area contributed by atoms with E-state index in [9.17, 15) is 4.80 Å². The minimum absolute atomic E-state index is 1.02. The Morgan fingerprint density at radius 2 is 1.79 bits per heavy atom. The van der Waals surface area contributed by atoms with Crippen LogP contribution in [0.25, 0.3) is 10.8 Å². The molecule has 0 saturated heterocycles. The highest BCUT2D eigenvalue weighted by molar-refractivity contribution is 6.73. The number of hydrogen-bond acceptors (Lipinski definition) is 1. The molecule has 0 unspecified atom stereocenters. The van der Waals surface area contributed by atoms with Crippen LogP contribution in [-0.4, -0.2) is 13.8 Å². The van der Waals surface area contributed by atoms with Gasteiger partial charge in [0.2, 0.25) is 0 Å². The van der Waals surface area contributed by atoms with Gasteiger partial charge in [0, 0.05) is 0 Å². The summed E-state index contributed by atoms with van der Waals surface area (Å²) in [6.07, 6.45) is 0. The van der Waals surface area contributed by atoms with Gasteiger partial charge in [-0.05, 0) is 16.0 Å². The normalized spacial score (nSPS) is 10.7. The van der Waals surface area contributed by atoms with Crippen molar-refractivity contribution < 1.29 is 4.80 Å². The first-order valence-electron chi connectivity index (χ1n) is 4.49. The molecule has 0 saturated carbocycles. The molecule has 0 heterocycles. The molecule has 0 amide bonds. The van der Waals surface area contributed by atoms with E-state index < -0.39 is 9.04 Å². The van der Waals surface area contributed by atoms with Crippen LogP contribution in [0.3, 0.4) is 0 Å². The molecular weight excluding hydrogens is 188 g/mol. The van der Waals surface area contributed by atoms with E-state index in [1.54, 1.807) is 5.70 Å². The van der Waals surface area contributed by atoms with E-state index in [0.717, 1.165) is 10.6 Å². The van der Waals surface area contributed by atoms with Crippen molar-refractivity contribution in [2.75, 3.05) is 0 Å². The van der Waals surface area contributed by atoms with Gasteiger partial charge < -0.3 is 4.80 Å². The molecule has 0 aliphatic rings. The molecule has 2 rings (SSSR count). The average Bonchev–Trinajstić information content (AvgIpc) is 2.27. The summed E-state index contributed by atoms with van der Waals surface area (Å²) >= 11 is 0. The standard InChI is InChI=1S/C12H11OSi/c1-2-14(13)12-9-5-7-10-6-3-4-8-11(10)12/h2-9,13H,1H2. The van der Waals surface area contributed by atoms with E-state index in [1.165, 1.54) is 5.39 Å². The lowest BCUT2D eigenvalue weighted by atomic mass is 10.1. The van der Waals surface area contributed by atoms with E-state index in [1.807, 2.05) is 30.3 Å². The third-order valence-electron chi connectivity index (χ3n) is 2.26. The van der Waals surface area contributed by atoms with Gasteiger partial charge in [-0.15, -0.1) is 6.58 Å². The summed E-state index contributed by atoms with van der Waals surface area (Å²) in [5.41, 5.74) is 1.65. The van der Waals surface area contributed by atoms with E-state index in [-0.39, 0.29) is 0 Å². The van der Waals surface area contributed by atoms with Crippen molar-refractivity contribution in [1.29, 1.82) is 0 Å². The fraction of sp³-hybridized carbons (Fsp3) is 0. The SMILES string of the molecule is C=C[Si](O)c1cccc2ccccc12. The van der Waals surface area contributed by atoms with Crippen molar-refractivity contribution in [2.24, 2.45) is 0 Å². The monoisotopic (exact) mass is 199 g/mol. The van der Waals surface area contributed by atoms with Gasteiger partial charge in [0.25, 0.3) is 9.04 Å². The second kappa shape index (κ2) is 3.78. The van der Waals surface area contributed by atoms with Crippen LogP contribution >= 0.6 is 0 Å². The van der Waals surface area contributed by atoms with Crippen LogP contribution in [0.4, 0.5) is 0 Å². The molecule has 1 N–H and O–H groups in total. The van der Waals surface area contributed by atoms with Crippen LogP contribution in [-0.2, 0) is 0 Å². The topological polar surface area (TPSA) is 20.2 Å². The Labute approximate surface area is 85.0 Å². The minimum atomic E-state index is -1.57. The number of fused-ring (bicyclic) bond motifs is 1. The second-order valence-electron chi connectivity index (χ2n) is 3.12. The first-order chi connectivity index (χ1) is 6.83. The number of benzene rings is 2. The molecule has 1 radical (unpaired) electrons. The maximum Gasteiger partial charge on any atom is 0.272 e. The van der Waals surface area contributed by atoms with Crippen LogP contribution in [0.5, 0.6) is 0 Å². The molecular formula is C12H11OSi. The van der Waals surface area contributed by atoms with Crippen LogP contribution in [0, 0.1) is 0 Å². The van der Waals surface area contributed by atoms with Crippen LogP contribution < -0.4 is 5.19 Å². The lowest BCUT2D eigenvalue weighted by molar-refractivity contribution is 0.599. The highest BCUT2D eigenvalue weighted by Gasteiger charge is 2.09. The van der Waals surface area contributed by atoms with Gasteiger partial charge in [-0.25, -0.2) is 0 Å². The summed E-state index contributed by atoms with van der Waals surface area (Å²) in [6.45, 7) is 3.64. The van der Waals surface area contributed by atoms with Crippen molar-refractivity contribution in [3.05, 3.63) is 54.7 Å².